The number of likely N-dealkylation sites (tertiary alicyclic amines) is 1. The van der Waals surface area contributed by atoms with Gasteiger partial charge >= 0.3 is 11.9 Å². The fraction of sp³-hybridized carbons (Fsp3) is 0.323. The Bertz CT molecular complexity index is 1630. The maximum atomic E-state index is 12.2. The van der Waals surface area contributed by atoms with Gasteiger partial charge < -0.3 is 19.3 Å². The Morgan fingerprint density at radius 2 is 1.34 bits per heavy atom. The van der Waals surface area contributed by atoms with Crippen LogP contribution in [0, 0.1) is 5.41 Å². The molecule has 4 aromatic rings. The quantitative estimate of drug-likeness (QED) is 0.279. The Kier molecular flexibility index (Phi) is 8.21. The second kappa shape index (κ2) is 11.8. The Labute approximate surface area is 246 Å². The average molecular weight is 620 g/mol. The van der Waals surface area contributed by atoms with Crippen molar-refractivity contribution in [3.8, 4) is 0 Å². The van der Waals surface area contributed by atoms with Crippen molar-refractivity contribution < 1.29 is 23.9 Å². The van der Waals surface area contributed by atoms with Crippen LogP contribution in [0.2, 0.25) is 0 Å². The molecule has 0 radical (unpaired) electrons. The van der Waals surface area contributed by atoms with Crippen molar-refractivity contribution in [2.45, 2.75) is 20.8 Å². The highest BCUT2D eigenvalue weighted by molar-refractivity contribution is 9.10. The number of nitrogens with zero attached hydrogens (tertiary/aromatic N) is 4. The normalized spacial score (nSPS) is 15.0. The van der Waals surface area contributed by atoms with E-state index in [0.717, 1.165) is 58.1 Å². The molecule has 6 rings (SSSR count). The van der Waals surface area contributed by atoms with Crippen LogP contribution in [0.3, 0.4) is 0 Å². The molecule has 2 aliphatic heterocycles. The highest BCUT2D eigenvalue weighted by Crippen LogP contribution is 2.42. The number of ether oxygens (including phenoxy) is 2. The Hall–Kier alpha value is -4.05. The van der Waals surface area contributed by atoms with Crippen LogP contribution in [-0.2, 0) is 14.3 Å². The lowest BCUT2D eigenvalue weighted by Gasteiger charge is -2.60. The summed E-state index contributed by atoms with van der Waals surface area (Å²) < 4.78 is 11.1. The maximum absolute atomic E-state index is 12.2. The monoisotopic (exact) mass is 618 g/mol. The topological polar surface area (TPSA) is 102 Å². The molecule has 1 amide bonds. The van der Waals surface area contributed by atoms with Crippen molar-refractivity contribution in [3.05, 3.63) is 76.5 Å². The minimum atomic E-state index is -0.316. The summed E-state index contributed by atoms with van der Waals surface area (Å²) in [7, 11) is 0. The smallest absolute Gasteiger partial charge is 0.338 e. The Balaban J connectivity index is 0.000000182. The molecular weight excluding hydrogens is 588 g/mol. The van der Waals surface area contributed by atoms with Gasteiger partial charge in [0.15, 0.2) is 0 Å². The molecule has 2 fully saturated rings. The number of aromatic nitrogens is 2. The summed E-state index contributed by atoms with van der Waals surface area (Å²) in [5.74, 6) is -0.476. The van der Waals surface area contributed by atoms with Gasteiger partial charge in [-0.15, -0.1) is 0 Å². The minimum Gasteiger partial charge on any atom is -0.462 e. The largest absolute Gasteiger partial charge is 0.462 e. The van der Waals surface area contributed by atoms with Gasteiger partial charge in [0.1, 0.15) is 0 Å². The standard InChI is InChI=1S/C19H21N3O3.C12H10BrNO2/c1-3-25-18(24)15-6-7-20-17-5-4-14(8-16(15)17)22-11-19(12-22)9-21(10-19)13(2)23;1-2-16-12(15)9-5-6-14-11-4-3-8(13)7-10(9)11/h4-8H,3,9-12H2,1-2H3;3-7H,2H2,1H3. The summed E-state index contributed by atoms with van der Waals surface area (Å²) in [6.07, 6.45) is 3.25. The van der Waals surface area contributed by atoms with Crippen LogP contribution < -0.4 is 4.90 Å². The van der Waals surface area contributed by atoms with Gasteiger partial charge in [-0.05, 0) is 62.4 Å². The molecule has 0 N–H and O–H groups in total. The molecule has 2 saturated heterocycles. The van der Waals surface area contributed by atoms with E-state index in [2.05, 4.69) is 30.8 Å². The Morgan fingerprint density at radius 3 is 1.88 bits per heavy atom. The summed E-state index contributed by atoms with van der Waals surface area (Å²) in [5.41, 5.74) is 4.01. The van der Waals surface area contributed by atoms with E-state index >= 15 is 0 Å². The van der Waals surface area contributed by atoms with Gasteiger partial charge in [-0.2, -0.15) is 0 Å². The first-order valence-corrected chi connectivity index (χ1v) is 14.3. The first-order chi connectivity index (χ1) is 19.7. The van der Waals surface area contributed by atoms with Gasteiger partial charge in [0, 0.05) is 71.8 Å². The van der Waals surface area contributed by atoms with E-state index in [1.54, 1.807) is 45.3 Å². The highest BCUT2D eigenvalue weighted by atomic mass is 79.9. The molecule has 10 heteroatoms. The molecule has 0 aliphatic carbocycles. The van der Waals surface area contributed by atoms with Crippen molar-refractivity contribution in [1.29, 1.82) is 0 Å². The van der Waals surface area contributed by atoms with Gasteiger partial charge in [0.05, 0.1) is 35.4 Å². The van der Waals surface area contributed by atoms with Crippen molar-refractivity contribution in [2.24, 2.45) is 5.41 Å². The number of halogens is 1. The van der Waals surface area contributed by atoms with Crippen molar-refractivity contribution in [3.63, 3.8) is 0 Å². The molecule has 212 valence electrons. The lowest BCUT2D eigenvalue weighted by molar-refractivity contribution is -0.142. The number of hydrogen-bond donors (Lipinski definition) is 0. The third-order valence-corrected chi connectivity index (χ3v) is 7.83. The van der Waals surface area contributed by atoms with Crippen LogP contribution in [0.4, 0.5) is 5.69 Å². The van der Waals surface area contributed by atoms with Gasteiger partial charge in [0.2, 0.25) is 5.91 Å². The van der Waals surface area contributed by atoms with Gasteiger partial charge in [0.25, 0.3) is 0 Å². The number of fused-ring (bicyclic) bond motifs is 2. The van der Waals surface area contributed by atoms with Crippen LogP contribution in [0.15, 0.2) is 65.4 Å². The third-order valence-electron chi connectivity index (χ3n) is 7.33. The second-order valence-electron chi connectivity index (χ2n) is 10.3. The molecule has 9 nitrogen and oxygen atoms in total. The number of carbonyl (C=O) groups is 3. The van der Waals surface area contributed by atoms with E-state index in [4.69, 9.17) is 9.47 Å². The number of carbonyl (C=O) groups excluding carboxylic acids is 3. The molecule has 2 aromatic carbocycles. The summed E-state index contributed by atoms with van der Waals surface area (Å²) in [5, 5.41) is 1.62. The van der Waals surface area contributed by atoms with Crippen LogP contribution in [0.5, 0.6) is 0 Å². The van der Waals surface area contributed by atoms with Gasteiger partial charge in [-0.1, -0.05) is 15.9 Å². The molecule has 4 heterocycles. The number of anilines is 1. The van der Waals surface area contributed by atoms with E-state index in [-0.39, 0.29) is 23.3 Å². The van der Waals surface area contributed by atoms with E-state index in [0.29, 0.717) is 24.3 Å². The molecule has 1 spiro atoms. The number of benzene rings is 2. The molecule has 0 atom stereocenters. The zero-order valence-corrected chi connectivity index (χ0v) is 24.8. The lowest BCUT2D eigenvalue weighted by Crippen LogP contribution is -2.72. The van der Waals surface area contributed by atoms with Gasteiger partial charge in [-0.25, -0.2) is 9.59 Å². The van der Waals surface area contributed by atoms with Crippen LogP contribution in [-0.4, -0.2) is 72.1 Å². The molecule has 0 saturated carbocycles. The average Bonchev–Trinajstić information content (AvgIpc) is 2.91. The second-order valence-corrected chi connectivity index (χ2v) is 11.2. The van der Waals surface area contributed by atoms with E-state index in [9.17, 15) is 14.4 Å². The highest BCUT2D eigenvalue weighted by Gasteiger charge is 2.52. The first kappa shape index (κ1) is 28.5. The lowest BCUT2D eigenvalue weighted by atomic mass is 9.72. The number of hydrogen-bond acceptors (Lipinski definition) is 8. The summed E-state index contributed by atoms with van der Waals surface area (Å²) in [4.78, 5) is 48.0. The maximum Gasteiger partial charge on any atom is 0.338 e. The van der Waals surface area contributed by atoms with Crippen molar-refractivity contribution >= 4 is 61.3 Å². The predicted molar refractivity (Wildman–Crippen MR) is 160 cm³/mol. The Morgan fingerprint density at radius 1 is 0.805 bits per heavy atom. The molecule has 2 aliphatic rings. The van der Waals surface area contributed by atoms with Crippen molar-refractivity contribution in [2.75, 3.05) is 44.3 Å². The summed E-state index contributed by atoms with van der Waals surface area (Å²) in [6.45, 7) is 9.52. The van der Waals surface area contributed by atoms with Gasteiger partial charge in [-0.3, -0.25) is 14.8 Å². The first-order valence-electron chi connectivity index (χ1n) is 13.5. The number of rotatable bonds is 5. The summed E-state index contributed by atoms with van der Waals surface area (Å²) >= 11 is 3.37. The molecule has 2 aromatic heterocycles. The zero-order chi connectivity index (χ0) is 29.1. The number of amides is 1. The molecule has 41 heavy (non-hydrogen) atoms. The summed E-state index contributed by atoms with van der Waals surface area (Å²) in [6, 6.07) is 15.0. The third kappa shape index (κ3) is 5.88. The van der Waals surface area contributed by atoms with Crippen molar-refractivity contribution in [1.82, 2.24) is 14.9 Å². The number of esters is 2. The SMILES string of the molecule is CCOC(=O)c1ccnc2ccc(Br)cc12.CCOC(=O)c1ccnc2ccc(N3CC4(CN(C(C)=O)C4)C3)cc12. The van der Waals surface area contributed by atoms with E-state index in [1.807, 2.05) is 41.3 Å². The zero-order valence-electron chi connectivity index (χ0n) is 23.2. The fourth-order valence-electron chi connectivity index (χ4n) is 5.36. The molecule has 0 bridgehead atoms. The fourth-order valence-corrected chi connectivity index (χ4v) is 5.72. The predicted octanol–water partition coefficient (Wildman–Crippen LogP) is 5.25. The van der Waals surface area contributed by atoms with E-state index in [1.165, 1.54) is 0 Å². The van der Waals surface area contributed by atoms with Crippen LogP contribution in [0.1, 0.15) is 41.5 Å². The number of pyridine rings is 2. The minimum absolute atomic E-state index is 0.153. The van der Waals surface area contributed by atoms with E-state index < -0.39 is 0 Å². The van der Waals surface area contributed by atoms with Crippen LogP contribution >= 0.6 is 15.9 Å². The molecule has 0 unspecified atom stereocenters. The molecular formula is C31H31BrN4O5. The van der Waals surface area contributed by atoms with Crippen LogP contribution in [0.25, 0.3) is 21.8 Å².